The molecule has 0 spiro atoms. The third kappa shape index (κ3) is 6.24. The molecule has 4 rings (SSSR count). The van der Waals surface area contributed by atoms with E-state index in [2.05, 4.69) is 34.1 Å². The first-order valence-corrected chi connectivity index (χ1v) is 12.6. The molecule has 1 atom stereocenters. The average Bonchev–Trinajstić information content (AvgIpc) is 3.26. The lowest BCUT2D eigenvalue weighted by atomic mass is 9.93. The number of fused-ring (bicyclic) bond motifs is 1. The number of ether oxygens (including phenoxy) is 3. The molecule has 190 valence electrons. The van der Waals surface area contributed by atoms with E-state index in [0.717, 1.165) is 50.1 Å². The predicted molar refractivity (Wildman–Crippen MR) is 131 cm³/mol. The third-order valence-electron chi connectivity index (χ3n) is 6.60. The molecule has 8 heteroatoms. The van der Waals surface area contributed by atoms with Gasteiger partial charge in [-0.05, 0) is 38.2 Å². The van der Waals surface area contributed by atoms with Gasteiger partial charge >= 0.3 is 11.9 Å². The van der Waals surface area contributed by atoms with E-state index in [1.807, 2.05) is 13.0 Å². The lowest BCUT2D eigenvalue weighted by molar-refractivity contribution is -0.141. The number of benzene rings is 1. The van der Waals surface area contributed by atoms with E-state index in [1.54, 1.807) is 0 Å². The van der Waals surface area contributed by atoms with Gasteiger partial charge in [0.15, 0.2) is 0 Å². The van der Waals surface area contributed by atoms with E-state index >= 15 is 0 Å². The fourth-order valence-corrected chi connectivity index (χ4v) is 4.94. The Labute approximate surface area is 207 Å². The second-order valence-corrected chi connectivity index (χ2v) is 9.00. The van der Waals surface area contributed by atoms with Gasteiger partial charge in [-0.15, -0.1) is 0 Å². The van der Waals surface area contributed by atoms with Crippen LogP contribution in [0.3, 0.4) is 0 Å². The number of anilines is 1. The summed E-state index contributed by atoms with van der Waals surface area (Å²) in [6, 6.07) is 10.4. The molecule has 0 aliphatic carbocycles. The second kappa shape index (κ2) is 12.2. The summed E-state index contributed by atoms with van der Waals surface area (Å²) in [5.74, 6) is 0.910. The number of carbonyl (C=O) groups excluding carboxylic acids is 2. The van der Waals surface area contributed by atoms with Crippen LogP contribution in [0.15, 0.2) is 34.7 Å². The molecule has 1 fully saturated rings. The molecule has 0 saturated carbocycles. The molecule has 8 nitrogen and oxygen atoms in total. The summed E-state index contributed by atoms with van der Waals surface area (Å²) in [5.41, 5.74) is 2.79. The summed E-state index contributed by atoms with van der Waals surface area (Å²) in [6.07, 6.45) is 3.24. The van der Waals surface area contributed by atoms with Crippen molar-refractivity contribution in [2.75, 3.05) is 51.0 Å². The Morgan fingerprint density at radius 1 is 1.06 bits per heavy atom. The first kappa shape index (κ1) is 25.3. The maximum absolute atomic E-state index is 13.1. The quantitative estimate of drug-likeness (QED) is 0.368. The van der Waals surface area contributed by atoms with Crippen molar-refractivity contribution in [1.29, 1.82) is 0 Å². The minimum absolute atomic E-state index is 0.0271. The van der Waals surface area contributed by atoms with E-state index < -0.39 is 0 Å². The highest BCUT2D eigenvalue weighted by Gasteiger charge is 2.38. The molecule has 1 aromatic heterocycles. The summed E-state index contributed by atoms with van der Waals surface area (Å²) in [4.78, 5) is 28.8. The molecule has 0 N–H and O–H groups in total. The first-order valence-electron chi connectivity index (χ1n) is 12.6. The zero-order chi connectivity index (χ0) is 24.6. The number of furan rings is 1. The summed E-state index contributed by atoms with van der Waals surface area (Å²) in [6.45, 7) is 8.19. The SMILES string of the molecule is CCOC(=O)c1c(N2CCOCC2)oc2c1CCN(Cc1ccccc1)C2CCCCOC(C)=O. The van der Waals surface area contributed by atoms with Gasteiger partial charge in [-0.2, -0.15) is 0 Å². The highest BCUT2D eigenvalue weighted by atomic mass is 16.5. The van der Waals surface area contributed by atoms with Gasteiger partial charge in [-0.3, -0.25) is 9.69 Å². The number of carbonyl (C=O) groups is 2. The largest absolute Gasteiger partial charge is 0.466 e. The minimum Gasteiger partial charge on any atom is -0.466 e. The molecular weight excluding hydrogens is 448 g/mol. The van der Waals surface area contributed by atoms with Crippen LogP contribution >= 0.6 is 0 Å². The van der Waals surface area contributed by atoms with E-state index in [1.165, 1.54) is 12.5 Å². The van der Waals surface area contributed by atoms with Crippen molar-refractivity contribution < 1.29 is 28.2 Å². The molecule has 0 radical (unpaired) electrons. The fraction of sp³-hybridized carbons (Fsp3) is 0.556. The predicted octanol–water partition coefficient (Wildman–Crippen LogP) is 4.13. The number of hydrogen-bond donors (Lipinski definition) is 0. The van der Waals surface area contributed by atoms with Crippen molar-refractivity contribution in [2.24, 2.45) is 0 Å². The van der Waals surface area contributed by atoms with Crippen LogP contribution in [0.25, 0.3) is 0 Å². The molecule has 2 aliphatic rings. The summed E-state index contributed by atoms with van der Waals surface area (Å²) >= 11 is 0. The Kier molecular flexibility index (Phi) is 8.82. The Balaban J connectivity index is 1.63. The van der Waals surface area contributed by atoms with Crippen molar-refractivity contribution in [3.8, 4) is 0 Å². The summed E-state index contributed by atoms with van der Waals surface area (Å²) in [5, 5.41) is 0. The van der Waals surface area contributed by atoms with Crippen LogP contribution in [-0.4, -0.2) is 62.9 Å². The molecular formula is C27H36N2O6. The minimum atomic E-state index is -0.316. The number of morpholine rings is 1. The number of rotatable bonds is 10. The first-order chi connectivity index (χ1) is 17.1. The van der Waals surface area contributed by atoms with E-state index in [0.29, 0.717) is 51.0 Å². The smallest absolute Gasteiger partial charge is 0.343 e. The lowest BCUT2D eigenvalue weighted by Crippen LogP contribution is -2.37. The molecule has 1 aromatic carbocycles. The Hall–Kier alpha value is -2.84. The topological polar surface area (TPSA) is 81.4 Å². The van der Waals surface area contributed by atoms with Gasteiger partial charge in [0.2, 0.25) is 5.88 Å². The normalized spacial score (nSPS) is 18.2. The number of esters is 2. The van der Waals surface area contributed by atoms with Crippen LogP contribution in [0.2, 0.25) is 0 Å². The summed E-state index contributed by atoms with van der Waals surface area (Å²) < 4.78 is 22.7. The summed E-state index contributed by atoms with van der Waals surface area (Å²) in [7, 11) is 0. The number of nitrogens with zero attached hydrogens (tertiary/aromatic N) is 2. The van der Waals surface area contributed by atoms with Gasteiger partial charge in [-0.25, -0.2) is 4.79 Å². The number of unbranched alkanes of at least 4 members (excludes halogenated alkanes) is 1. The lowest BCUT2D eigenvalue weighted by Gasteiger charge is -2.35. The molecule has 1 saturated heterocycles. The van der Waals surface area contributed by atoms with Crippen LogP contribution in [0.4, 0.5) is 5.88 Å². The van der Waals surface area contributed by atoms with E-state index in [9.17, 15) is 9.59 Å². The average molecular weight is 485 g/mol. The highest BCUT2D eigenvalue weighted by Crippen LogP contribution is 2.42. The van der Waals surface area contributed by atoms with Crippen LogP contribution in [0, 0.1) is 0 Å². The van der Waals surface area contributed by atoms with Crippen molar-refractivity contribution >= 4 is 17.8 Å². The van der Waals surface area contributed by atoms with Gasteiger partial charge in [0, 0.05) is 38.7 Å². The third-order valence-corrected chi connectivity index (χ3v) is 6.60. The van der Waals surface area contributed by atoms with Crippen LogP contribution in [0.5, 0.6) is 0 Å². The maximum Gasteiger partial charge on any atom is 0.343 e. The molecule has 2 aliphatic heterocycles. The van der Waals surface area contributed by atoms with Gasteiger partial charge in [-0.1, -0.05) is 30.3 Å². The van der Waals surface area contributed by atoms with Crippen molar-refractivity contribution in [2.45, 2.75) is 52.1 Å². The van der Waals surface area contributed by atoms with Gasteiger partial charge in [0.05, 0.1) is 32.5 Å². The zero-order valence-corrected chi connectivity index (χ0v) is 20.8. The van der Waals surface area contributed by atoms with Crippen molar-refractivity contribution in [3.63, 3.8) is 0 Å². The Bertz CT molecular complexity index is 983. The molecule has 35 heavy (non-hydrogen) atoms. The van der Waals surface area contributed by atoms with Gasteiger partial charge < -0.3 is 23.5 Å². The second-order valence-electron chi connectivity index (χ2n) is 9.00. The molecule has 0 amide bonds. The van der Waals surface area contributed by atoms with Crippen LogP contribution in [-0.2, 0) is 32.0 Å². The van der Waals surface area contributed by atoms with Crippen molar-refractivity contribution in [3.05, 3.63) is 52.8 Å². The number of hydrogen-bond acceptors (Lipinski definition) is 8. The molecule has 3 heterocycles. The molecule has 0 bridgehead atoms. The monoisotopic (exact) mass is 484 g/mol. The maximum atomic E-state index is 13.1. The van der Waals surface area contributed by atoms with Gasteiger partial charge in [0.25, 0.3) is 0 Å². The standard InChI is InChI=1S/C27H36N2O6/c1-3-33-27(31)24-22-12-13-29(19-21-9-5-4-6-10-21)23(11-7-8-16-34-20(2)30)25(22)35-26(24)28-14-17-32-18-15-28/h4-6,9-10,23H,3,7-8,11-19H2,1-2H3. The highest BCUT2D eigenvalue weighted by molar-refractivity contribution is 5.97. The van der Waals surface area contributed by atoms with Crippen LogP contribution < -0.4 is 4.90 Å². The molecule has 2 aromatic rings. The van der Waals surface area contributed by atoms with E-state index in [-0.39, 0.29) is 18.0 Å². The Morgan fingerprint density at radius 2 is 1.83 bits per heavy atom. The van der Waals surface area contributed by atoms with Gasteiger partial charge in [0.1, 0.15) is 11.3 Å². The Morgan fingerprint density at radius 3 is 2.54 bits per heavy atom. The zero-order valence-electron chi connectivity index (χ0n) is 20.8. The fourth-order valence-electron chi connectivity index (χ4n) is 4.94. The molecule has 1 unspecified atom stereocenters. The van der Waals surface area contributed by atoms with Crippen molar-refractivity contribution in [1.82, 2.24) is 4.90 Å². The van der Waals surface area contributed by atoms with Crippen LogP contribution in [0.1, 0.15) is 66.4 Å². The van der Waals surface area contributed by atoms with E-state index in [4.69, 9.17) is 18.6 Å².